The van der Waals surface area contributed by atoms with Gasteiger partial charge in [0.05, 0.1) is 17.6 Å². The summed E-state index contributed by atoms with van der Waals surface area (Å²) >= 11 is 5.88. The molecule has 0 saturated heterocycles. The summed E-state index contributed by atoms with van der Waals surface area (Å²) in [4.78, 5) is 4.27. The third-order valence-corrected chi connectivity index (χ3v) is 2.88. The summed E-state index contributed by atoms with van der Waals surface area (Å²) in [6.45, 7) is 1.88. The lowest BCUT2D eigenvalue weighted by atomic mass is 10.1. The second kappa shape index (κ2) is 4.07. The molecule has 0 aliphatic heterocycles. The van der Waals surface area contributed by atoms with Crippen LogP contribution in [-0.2, 0) is 0 Å². The first kappa shape index (κ1) is 11.2. The average Bonchev–Trinajstić information content (AvgIpc) is 2.71. The number of aryl methyl sites for hydroxylation is 1. The Hall–Kier alpha value is -1.94. The van der Waals surface area contributed by atoms with E-state index in [0.717, 1.165) is 11.3 Å². The summed E-state index contributed by atoms with van der Waals surface area (Å²) in [5.74, 6) is -0.344. The van der Waals surface area contributed by atoms with Crippen molar-refractivity contribution in [2.75, 3.05) is 0 Å². The Kier molecular flexibility index (Phi) is 2.52. The molecule has 3 rings (SSSR count). The lowest BCUT2D eigenvalue weighted by Crippen LogP contribution is -1.94. The highest BCUT2D eigenvalue weighted by molar-refractivity contribution is 6.30. The smallest absolute Gasteiger partial charge is 0.153 e. The average molecular weight is 262 g/mol. The number of benzene rings is 1. The Labute approximate surface area is 108 Å². The standard InChI is InChI=1S/C13H9ClFN3/c1-8-7-18-13(16-8)5-4-12(17-18)10-6-9(14)2-3-11(10)15/h2-7H,1H3. The van der Waals surface area contributed by atoms with Gasteiger partial charge < -0.3 is 0 Å². The van der Waals surface area contributed by atoms with Crippen LogP contribution in [0.25, 0.3) is 16.9 Å². The van der Waals surface area contributed by atoms with Crippen LogP contribution in [0.5, 0.6) is 0 Å². The molecule has 2 heterocycles. The van der Waals surface area contributed by atoms with Crippen LogP contribution in [0.4, 0.5) is 4.39 Å². The molecule has 0 radical (unpaired) electrons. The molecule has 18 heavy (non-hydrogen) atoms. The van der Waals surface area contributed by atoms with Crippen LogP contribution in [-0.4, -0.2) is 14.6 Å². The van der Waals surface area contributed by atoms with Crippen LogP contribution in [0.2, 0.25) is 5.02 Å². The zero-order valence-corrected chi connectivity index (χ0v) is 10.3. The summed E-state index contributed by atoms with van der Waals surface area (Å²) in [7, 11) is 0. The first-order valence-electron chi connectivity index (χ1n) is 5.42. The van der Waals surface area contributed by atoms with Crippen molar-refractivity contribution >= 4 is 17.2 Å². The van der Waals surface area contributed by atoms with Gasteiger partial charge in [-0.05, 0) is 37.3 Å². The van der Waals surface area contributed by atoms with E-state index in [1.54, 1.807) is 28.9 Å². The third kappa shape index (κ3) is 1.84. The van der Waals surface area contributed by atoms with Gasteiger partial charge in [0, 0.05) is 10.6 Å². The first-order chi connectivity index (χ1) is 8.63. The maximum Gasteiger partial charge on any atom is 0.153 e. The van der Waals surface area contributed by atoms with Gasteiger partial charge in [0.2, 0.25) is 0 Å². The molecule has 0 saturated carbocycles. The van der Waals surface area contributed by atoms with Crippen molar-refractivity contribution in [2.24, 2.45) is 0 Å². The van der Waals surface area contributed by atoms with Crippen LogP contribution in [0.3, 0.4) is 0 Å². The Balaban J connectivity index is 2.21. The van der Waals surface area contributed by atoms with Crippen molar-refractivity contribution < 1.29 is 4.39 Å². The molecular weight excluding hydrogens is 253 g/mol. The molecule has 0 amide bonds. The zero-order chi connectivity index (χ0) is 12.7. The molecule has 0 spiro atoms. The van der Waals surface area contributed by atoms with Gasteiger partial charge >= 0.3 is 0 Å². The van der Waals surface area contributed by atoms with Gasteiger partial charge in [0.25, 0.3) is 0 Å². The van der Waals surface area contributed by atoms with Crippen molar-refractivity contribution in [3.05, 3.63) is 53.1 Å². The molecule has 0 fully saturated rings. The van der Waals surface area contributed by atoms with Crippen molar-refractivity contribution in [3.63, 3.8) is 0 Å². The van der Waals surface area contributed by atoms with Crippen LogP contribution in [0.1, 0.15) is 5.69 Å². The highest BCUT2D eigenvalue weighted by Gasteiger charge is 2.09. The summed E-state index contributed by atoms with van der Waals surface area (Å²) in [5, 5.41) is 4.81. The fraction of sp³-hybridized carbons (Fsp3) is 0.0769. The fourth-order valence-electron chi connectivity index (χ4n) is 1.84. The largest absolute Gasteiger partial charge is 0.232 e. The molecule has 5 heteroatoms. The summed E-state index contributed by atoms with van der Waals surface area (Å²) in [6.07, 6.45) is 1.79. The maximum atomic E-state index is 13.7. The molecule has 0 aliphatic carbocycles. The number of halogens is 2. The van der Waals surface area contributed by atoms with Gasteiger partial charge in [0.1, 0.15) is 5.82 Å². The minimum absolute atomic E-state index is 0.344. The number of nitrogens with zero attached hydrogens (tertiary/aromatic N) is 3. The maximum absolute atomic E-state index is 13.7. The predicted octanol–water partition coefficient (Wildman–Crippen LogP) is 3.50. The molecule has 0 unspecified atom stereocenters. The van der Waals surface area contributed by atoms with E-state index >= 15 is 0 Å². The number of hydrogen-bond donors (Lipinski definition) is 0. The van der Waals surface area contributed by atoms with E-state index in [1.807, 2.05) is 6.92 Å². The minimum Gasteiger partial charge on any atom is -0.232 e. The highest BCUT2D eigenvalue weighted by atomic mass is 35.5. The van der Waals surface area contributed by atoms with Crippen molar-refractivity contribution in [2.45, 2.75) is 6.92 Å². The molecule has 0 aliphatic rings. The Morgan fingerprint density at radius 1 is 1.22 bits per heavy atom. The Bertz CT molecular complexity index is 736. The van der Waals surface area contributed by atoms with Gasteiger partial charge in [-0.25, -0.2) is 13.9 Å². The second-order valence-corrected chi connectivity index (χ2v) is 4.46. The number of rotatable bonds is 1. The van der Waals surface area contributed by atoms with E-state index in [4.69, 9.17) is 11.6 Å². The fourth-order valence-corrected chi connectivity index (χ4v) is 2.01. The molecule has 90 valence electrons. The topological polar surface area (TPSA) is 30.2 Å². The normalized spacial score (nSPS) is 11.1. The number of aromatic nitrogens is 3. The van der Waals surface area contributed by atoms with E-state index in [9.17, 15) is 4.39 Å². The number of fused-ring (bicyclic) bond motifs is 1. The van der Waals surface area contributed by atoms with Crippen molar-refractivity contribution in [3.8, 4) is 11.3 Å². The first-order valence-corrected chi connectivity index (χ1v) is 5.80. The van der Waals surface area contributed by atoms with E-state index in [0.29, 0.717) is 16.3 Å². The molecule has 3 nitrogen and oxygen atoms in total. The van der Waals surface area contributed by atoms with Crippen LogP contribution < -0.4 is 0 Å². The van der Waals surface area contributed by atoms with E-state index in [1.165, 1.54) is 12.1 Å². The molecule has 0 bridgehead atoms. The minimum atomic E-state index is -0.344. The van der Waals surface area contributed by atoms with Gasteiger partial charge in [-0.3, -0.25) is 0 Å². The zero-order valence-electron chi connectivity index (χ0n) is 9.56. The van der Waals surface area contributed by atoms with E-state index in [-0.39, 0.29) is 5.82 Å². The molecular formula is C13H9ClFN3. The van der Waals surface area contributed by atoms with E-state index < -0.39 is 0 Å². The second-order valence-electron chi connectivity index (χ2n) is 4.03. The number of imidazole rings is 1. The SMILES string of the molecule is Cc1cn2nc(-c3cc(Cl)ccc3F)ccc2n1. The molecule has 3 aromatic rings. The monoisotopic (exact) mass is 261 g/mol. The number of hydrogen-bond acceptors (Lipinski definition) is 2. The quantitative estimate of drug-likeness (QED) is 0.671. The van der Waals surface area contributed by atoms with Crippen molar-refractivity contribution in [1.82, 2.24) is 14.6 Å². The highest BCUT2D eigenvalue weighted by Crippen LogP contribution is 2.24. The summed E-state index contributed by atoms with van der Waals surface area (Å²) in [5.41, 5.74) is 2.51. The lowest BCUT2D eigenvalue weighted by molar-refractivity contribution is 0.630. The van der Waals surface area contributed by atoms with Crippen LogP contribution in [0, 0.1) is 12.7 Å². The molecule has 2 aromatic heterocycles. The lowest BCUT2D eigenvalue weighted by Gasteiger charge is -2.03. The van der Waals surface area contributed by atoms with Gasteiger partial charge in [0.15, 0.2) is 5.65 Å². The summed E-state index contributed by atoms with van der Waals surface area (Å²) < 4.78 is 15.4. The van der Waals surface area contributed by atoms with Gasteiger partial charge in [-0.15, -0.1) is 0 Å². The Morgan fingerprint density at radius 2 is 2.06 bits per heavy atom. The van der Waals surface area contributed by atoms with Crippen LogP contribution >= 0.6 is 11.6 Å². The van der Waals surface area contributed by atoms with Crippen molar-refractivity contribution in [1.29, 1.82) is 0 Å². The van der Waals surface area contributed by atoms with Crippen LogP contribution in [0.15, 0.2) is 36.5 Å². The molecule has 0 atom stereocenters. The molecule has 1 aromatic carbocycles. The summed E-state index contributed by atoms with van der Waals surface area (Å²) in [6, 6.07) is 7.95. The van der Waals surface area contributed by atoms with Gasteiger partial charge in [-0.2, -0.15) is 5.10 Å². The third-order valence-electron chi connectivity index (χ3n) is 2.64. The van der Waals surface area contributed by atoms with Gasteiger partial charge in [-0.1, -0.05) is 11.6 Å². The predicted molar refractivity (Wildman–Crippen MR) is 68.1 cm³/mol. The molecule has 0 N–H and O–H groups in total. The van der Waals surface area contributed by atoms with E-state index in [2.05, 4.69) is 10.1 Å². The Morgan fingerprint density at radius 3 is 2.89 bits per heavy atom.